The van der Waals surface area contributed by atoms with E-state index in [2.05, 4.69) is 5.32 Å². The fraction of sp³-hybridized carbons (Fsp3) is 0.273. The first-order chi connectivity index (χ1) is 7.99. The van der Waals surface area contributed by atoms with Gasteiger partial charge in [-0.25, -0.2) is 4.39 Å². The van der Waals surface area contributed by atoms with Crippen LogP contribution in [-0.2, 0) is 11.3 Å². The molecule has 0 spiro atoms. The van der Waals surface area contributed by atoms with E-state index >= 15 is 0 Å². The molecule has 6 heteroatoms. The van der Waals surface area contributed by atoms with Crippen LogP contribution in [0.15, 0.2) is 18.2 Å². The van der Waals surface area contributed by atoms with Crippen LogP contribution < -0.4 is 11.1 Å². The number of nitrogens with one attached hydrogen (secondary N) is 2. The molecule has 0 unspecified atom stereocenters. The Bertz CT molecular complexity index is 437. The molecule has 0 saturated heterocycles. The topological polar surface area (TPSA) is 79.0 Å². The summed E-state index contributed by atoms with van der Waals surface area (Å²) < 4.78 is 13.0. The summed E-state index contributed by atoms with van der Waals surface area (Å²) in [5, 5.41) is 9.54. The highest BCUT2D eigenvalue weighted by Gasteiger charge is 2.04. The number of rotatable bonds is 4. The van der Waals surface area contributed by atoms with Gasteiger partial charge in [-0.1, -0.05) is 23.9 Å². The Kier molecular flexibility index (Phi) is 4.96. The number of benzene rings is 1. The minimum atomic E-state index is -0.257. The van der Waals surface area contributed by atoms with E-state index in [1.54, 1.807) is 19.1 Å². The Morgan fingerprint density at radius 2 is 2.29 bits per heavy atom. The quantitative estimate of drug-likeness (QED) is 0.561. The zero-order chi connectivity index (χ0) is 12.8. The molecule has 1 aromatic carbocycles. The highest BCUT2D eigenvalue weighted by molar-refractivity contribution is 8.14. The number of amidine groups is 1. The summed E-state index contributed by atoms with van der Waals surface area (Å²) in [7, 11) is 0. The fourth-order valence-corrected chi connectivity index (χ4v) is 1.60. The lowest BCUT2D eigenvalue weighted by atomic mass is 10.1. The van der Waals surface area contributed by atoms with Crippen molar-refractivity contribution in [1.82, 2.24) is 5.32 Å². The number of hydrogen-bond acceptors (Lipinski definition) is 3. The first-order valence-electron chi connectivity index (χ1n) is 4.97. The van der Waals surface area contributed by atoms with Crippen molar-refractivity contribution in [2.45, 2.75) is 13.5 Å². The van der Waals surface area contributed by atoms with Crippen LogP contribution in [-0.4, -0.2) is 16.8 Å². The van der Waals surface area contributed by atoms with Gasteiger partial charge in [-0.15, -0.1) is 0 Å². The molecule has 0 heterocycles. The van der Waals surface area contributed by atoms with Crippen LogP contribution in [0.2, 0.25) is 0 Å². The van der Waals surface area contributed by atoms with Crippen LogP contribution in [0.25, 0.3) is 0 Å². The number of hydrogen-bond donors (Lipinski definition) is 3. The Hall–Kier alpha value is -1.56. The fourth-order valence-electron chi connectivity index (χ4n) is 1.21. The number of aryl methyl sites for hydroxylation is 1. The maximum absolute atomic E-state index is 13.0. The Morgan fingerprint density at radius 3 is 2.88 bits per heavy atom. The predicted molar refractivity (Wildman–Crippen MR) is 67.4 cm³/mol. The third kappa shape index (κ3) is 4.86. The molecule has 0 radical (unpaired) electrons. The first-order valence-corrected chi connectivity index (χ1v) is 5.96. The minimum Gasteiger partial charge on any atom is -0.379 e. The van der Waals surface area contributed by atoms with Crippen LogP contribution in [0.5, 0.6) is 0 Å². The van der Waals surface area contributed by atoms with E-state index in [1.807, 2.05) is 0 Å². The average Bonchev–Trinajstić information content (AvgIpc) is 2.28. The van der Waals surface area contributed by atoms with Crippen molar-refractivity contribution in [1.29, 1.82) is 5.41 Å². The van der Waals surface area contributed by atoms with Crippen LogP contribution in [0.3, 0.4) is 0 Å². The molecule has 4 nitrogen and oxygen atoms in total. The molecule has 0 bridgehead atoms. The summed E-state index contributed by atoms with van der Waals surface area (Å²) in [4.78, 5) is 11.3. The summed E-state index contributed by atoms with van der Waals surface area (Å²) >= 11 is 0.969. The maximum atomic E-state index is 13.0. The molecule has 1 amide bonds. The van der Waals surface area contributed by atoms with Crippen molar-refractivity contribution in [2.75, 3.05) is 5.75 Å². The Balaban J connectivity index is 2.42. The zero-order valence-corrected chi connectivity index (χ0v) is 10.2. The lowest BCUT2D eigenvalue weighted by Crippen LogP contribution is -2.25. The number of carbonyl (C=O) groups is 1. The molecular weight excluding hydrogens is 241 g/mol. The van der Waals surface area contributed by atoms with Gasteiger partial charge in [0.1, 0.15) is 5.82 Å². The van der Waals surface area contributed by atoms with E-state index in [9.17, 15) is 9.18 Å². The van der Waals surface area contributed by atoms with Crippen LogP contribution in [0.4, 0.5) is 4.39 Å². The Labute approximate surface area is 103 Å². The summed E-state index contributed by atoms with van der Waals surface area (Å²) in [6.07, 6.45) is 0. The predicted octanol–water partition coefficient (Wildman–Crippen LogP) is 1.38. The van der Waals surface area contributed by atoms with E-state index in [-0.39, 0.29) is 22.6 Å². The number of carbonyl (C=O) groups excluding carboxylic acids is 1. The number of halogens is 1. The van der Waals surface area contributed by atoms with Gasteiger partial charge in [0.15, 0.2) is 5.17 Å². The summed E-state index contributed by atoms with van der Waals surface area (Å²) in [6.45, 7) is 2.02. The third-order valence-corrected chi connectivity index (χ3v) is 2.79. The molecule has 0 aromatic heterocycles. The molecule has 0 aliphatic rings. The average molecular weight is 255 g/mol. The molecule has 0 saturated carbocycles. The van der Waals surface area contributed by atoms with Crippen LogP contribution >= 0.6 is 11.8 Å². The number of nitrogens with two attached hydrogens (primary N) is 1. The zero-order valence-electron chi connectivity index (χ0n) is 9.42. The van der Waals surface area contributed by atoms with E-state index in [0.29, 0.717) is 12.1 Å². The van der Waals surface area contributed by atoms with Gasteiger partial charge < -0.3 is 11.1 Å². The molecule has 0 aliphatic carbocycles. The van der Waals surface area contributed by atoms with Crippen molar-refractivity contribution in [3.05, 3.63) is 35.1 Å². The van der Waals surface area contributed by atoms with Gasteiger partial charge in [0.05, 0.1) is 5.75 Å². The molecule has 0 atom stereocenters. The lowest BCUT2D eigenvalue weighted by Gasteiger charge is -2.06. The molecule has 0 aliphatic heterocycles. The normalized spacial score (nSPS) is 10.0. The molecule has 17 heavy (non-hydrogen) atoms. The largest absolute Gasteiger partial charge is 0.379 e. The summed E-state index contributed by atoms with van der Waals surface area (Å²) in [5.41, 5.74) is 6.50. The lowest BCUT2D eigenvalue weighted by molar-refractivity contribution is -0.118. The number of amides is 1. The van der Waals surface area contributed by atoms with Crippen LogP contribution in [0.1, 0.15) is 11.1 Å². The van der Waals surface area contributed by atoms with Crippen molar-refractivity contribution in [3.63, 3.8) is 0 Å². The third-order valence-electron chi connectivity index (χ3n) is 2.07. The van der Waals surface area contributed by atoms with Crippen molar-refractivity contribution < 1.29 is 9.18 Å². The van der Waals surface area contributed by atoms with Crippen molar-refractivity contribution in [2.24, 2.45) is 5.73 Å². The van der Waals surface area contributed by atoms with Gasteiger partial charge in [0, 0.05) is 6.54 Å². The Morgan fingerprint density at radius 1 is 1.59 bits per heavy atom. The molecule has 4 N–H and O–H groups in total. The van der Waals surface area contributed by atoms with Gasteiger partial charge >= 0.3 is 0 Å². The first kappa shape index (κ1) is 13.5. The SMILES string of the molecule is Cc1cc(CNC(=O)CSC(=N)N)ccc1F. The van der Waals surface area contributed by atoms with Gasteiger partial charge in [-0.3, -0.25) is 10.2 Å². The second-order valence-corrected chi connectivity index (χ2v) is 4.53. The van der Waals surface area contributed by atoms with E-state index in [1.165, 1.54) is 6.07 Å². The smallest absolute Gasteiger partial charge is 0.230 e. The summed E-state index contributed by atoms with van der Waals surface area (Å²) in [5.74, 6) is -0.338. The molecule has 92 valence electrons. The molecule has 1 aromatic rings. The highest BCUT2D eigenvalue weighted by atomic mass is 32.2. The second kappa shape index (κ2) is 6.24. The molecular formula is C11H14FN3OS. The maximum Gasteiger partial charge on any atom is 0.230 e. The van der Waals surface area contributed by atoms with Crippen molar-refractivity contribution >= 4 is 22.8 Å². The monoisotopic (exact) mass is 255 g/mol. The van der Waals surface area contributed by atoms with Gasteiger partial charge in [0.2, 0.25) is 5.91 Å². The van der Waals surface area contributed by atoms with Gasteiger partial charge in [0.25, 0.3) is 0 Å². The highest BCUT2D eigenvalue weighted by Crippen LogP contribution is 2.09. The second-order valence-electron chi connectivity index (χ2n) is 3.51. The standard InChI is InChI=1S/C11H14FN3OS/c1-7-4-8(2-3-9(7)12)5-15-10(16)6-17-11(13)14/h2-4H,5-6H2,1H3,(H3,13,14)(H,15,16). The van der Waals surface area contributed by atoms with E-state index < -0.39 is 0 Å². The molecule has 1 rings (SSSR count). The van der Waals surface area contributed by atoms with Crippen LogP contribution in [0, 0.1) is 18.2 Å². The van der Waals surface area contributed by atoms with Gasteiger partial charge in [-0.05, 0) is 24.1 Å². The minimum absolute atomic E-state index is 0.0854. The van der Waals surface area contributed by atoms with E-state index in [4.69, 9.17) is 11.1 Å². The molecule has 0 fully saturated rings. The summed E-state index contributed by atoms with van der Waals surface area (Å²) in [6, 6.07) is 4.69. The number of thioether (sulfide) groups is 1. The van der Waals surface area contributed by atoms with Gasteiger partial charge in [-0.2, -0.15) is 0 Å². The van der Waals surface area contributed by atoms with E-state index in [0.717, 1.165) is 17.3 Å². The van der Waals surface area contributed by atoms with Crippen molar-refractivity contribution in [3.8, 4) is 0 Å².